The second kappa shape index (κ2) is 4.60. The van der Waals surface area contributed by atoms with Gasteiger partial charge in [0.05, 0.1) is 5.69 Å². The number of pyridine rings is 1. The molecule has 0 saturated heterocycles. The summed E-state index contributed by atoms with van der Waals surface area (Å²) in [7, 11) is 0. The zero-order valence-electron chi connectivity index (χ0n) is 5.57. The summed E-state index contributed by atoms with van der Waals surface area (Å²) in [6, 6.07) is 5.23. The number of hydrogen-bond acceptors (Lipinski definition) is 4. The standard InChI is InChI=1S/C6H7IN2O2/c7-9-11-6(10)5-3-1-2-4-8-5/h1-4,6,9-10H. The Morgan fingerprint density at radius 2 is 2.45 bits per heavy atom. The molecule has 0 aliphatic heterocycles. The minimum absolute atomic E-state index is 0.483. The van der Waals surface area contributed by atoms with Crippen LogP contribution in [0.2, 0.25) is 0 Å². The molecule has 0 saturated carbocycles. The van der Waals surface area contributed by atoms with Crippen LogP contribution in [0, 0.1) is 0 Å². The number of hydrogen-bond donors (Lipinski definition) is 2. The molecule has 0 amide bonds. The fourth-order valence-corrected chi connectivity index (χ4v) is 0.865. The first kappa shape index (κ1) is 8.85. The first-order valence-electron chi connectivity index (χ1n) is 2.95. The van der Waals surface area contributed by atoms with Gasteiger partial charge in [0.2, 0.25) is 6.29 Å². The van der Waals surface area contributed by atoms with E-state index in [-0.39, 0.29) is 0 Å². The fraction of sp³-hybridized carbons (Fsp3) is 0.167. The second-order valence-electron chi connectivity index (χ2n) is 1.80. The van der Waals surface area contributed by atoms with Crippen molar-refractivity contribution in [3.63, 3.8) is 0 Å². The van der Waals surface area contributed by atoms with E-state index < -0.39 is 6.29 Å². The molecule has 1 aromatic rings. The molecular formula is C6H7IN2O2. The van der Waals surface area contributed by atoms with Crippen LogP contribution in [-0.2, 0) is 4.84 Å². The first-order valence-corrected chi connectivity index (χ1v) is 4.02. The van der Waals surface area contributed by atoms with Gasteiger partial charge in [-0.1, -0.05) is 6.07 Å². The number of aliphatic hydroxyl groups is 1. The van der Waals surface area contributed by atoms with Gasteiger partial charge in [0, 0.05) is 29.1 Å². The van der Waals surface area contributed by atoms with E-state index in [0.717, 1.165) is 0 Å². The van der Waals surface area contributed by atoms with Crippen LogP contribution in [0.15, 0.2) is 24.4 Å². The lowest BCUT2D eigenvalue weighted by atomic mass is 10.3. The molecule has 0 aliphatic carbocycles. The Labute approximate surface area is 78.0 Å². The summed E-state index contributed by atoms with van der Waals surface area (Å²) in [6.07, 6.45) is 0.586. The van der Waals surface area contributed by atoms with Gasteiger partial charge in [-0.05, 0) is 12.1 Å². The molecule has 0 bridgehead atoms. The Morgan fingerprint density at radius 3 is 3.00 bits per heavy atom. The van der Waals surface area contributed by atoms with Gasteiger partial charge in [-0.25, -0.2) is 0 Å². The van der Waals surface area contributed by atoms with Crippen LogP contribution in [0.4, 0.5) is 0 Å². The molecule has 0 radical (unpaired) electrons. The molecule has 2 N–H and O–H groups in total. The topological polar surface area (TPSA) is 54.4 Å². The highest BCUT2D eigenvalue weighted by Gasteiger charge is 2.06. The molecule has 60 valence electrons. The third-order valence-corrected chi connectivity index (χ3v) is 1.35. The van der Waals surface area contributed by atoms with Crippen molar-refractivity contribution >= 4 is 22.9 Å². The maximum Gasteiger partial charge on any atom is 0.218 e. The second-order valence-corrected chi connectivity index (χ2v) is 2.24. The van der Waals surface area contributed by atoms with Gasteiger partial charge in [0.1, 0.15) is 0 Å². The summed E-state index contributed by atoms with van der Waals surface area (Å²) >= 11 is 1.77. The third kappa shape index (κ3) is 2.70. The third-order valence-electron chi connectivity index (χ3n) is 1.10. The van der Waals surface area contributed by atoms with Crippen molar-refractivity contribution in [2.24, 2.45) is 0 Å². The van der Waals surface area contributed by atoms with E-state index in [0.29, 0.717) is 5.69 Å². The molecule has 0 spiro atoms. The van der Waals surface area contributed by atoms with E-state index >= 15 is 0 Å². The van der Waals surface area contributed by atoms with Crippen LogP contribution in [0.3, 0.4) is 0 Å². The minimum Gasteiger partial charge on any atom is -0.362 e. The van der Waals surface area contributed by atoms with Crippen LogP contribution < -0.4 is 3.69 Å². The van der Waals surface area contributed by atoms with Crippen molar-refractivity contribution in [1.29, 1.82) is 0 Å². The van der Waals surface area contributed by atoms with Crippen molar-refractivity contribution in [2.75, 3.05) is 0 Å². The minimum atomic E-state index is -1.01. The summed E-state index contributed by atoms with van der Waals surface area (Å²) in [6.45, 7) is 0. The van der Waals surface area contributed by atoms with Crippen LogP contribution in [-0.4, -0.2) is 10.1 Å². The van der Waals surface area contributed by atoms with E-state index in [4.69, 9.17) is 5.11 Å². The zero-order chi connectivity index (χ0) is 8.10. The summed E-state index contributed by atoms with van der Waals surface area (Å²) in [5.41, 5.74) is 0.483. The first-order chi connectivity index (χ1) is 5.34. The van der Waals surface area contributed by atoms with Crippen molar-refractivity contribution < 1.29 is 9.94 Å². The summed E-state index contributed by atoms with van der Waals surface area (Å²) in [5.74, 6) is 0. The van der Waals surface area contributed by atoms with E-state index in [1.165, 1.54) is 0 Å². The van der Waals surface area contributed by atoms with Crippen molar-refractivity contribution in [2.45, 2.75) is 6.29 Å². The number of nitrogens with zero attached hydrogens (tertiary/aromatic N) is 1. The van der Waals surface area contributed by atoms with Gasteiger partial charge >= 0.3 is 0 Å². The van der Waals surface area contributed by atoms with E-state index in [9.17, 15) is 0 Å². The van der Waals surface area contributed by atoms with Crippen LogP contribution >= 0.6 is 22.9 Å². The van der Waals surface area contributed by atoms with E-state index in [1.807, 2.05) is 0 Å². The number of nitrogens with one attached hydrogen (secondary N) is 1. The smallest absolute Gasteiger partial charge is 0.218 e. The predicted molar refractivity (Wildman–Crippen MR) is 47.4 cm³/mol. The van der Waals surface area contributed by atoms with Crippen LogP contribution in [0.5, 0.6) is 0 Å². The molecule has 11 heavy (non-hydrogen) atoms. The van der Waals surface area contributed by atoms with Gasteiger partial charge in [0.15, 0.2) is 0 Å². The molecular weight excluding hydrogens is 259 g/mol. The van der Waals surface area contributed by atoms with E-state index in [1.54, 1.807) is 47.3 Å². The Morgan fingerprint density at radius 1 is 1.64 bits per heavy atom. The molecule has 1 aromatic heterocycles. The van der Waals surface area contributed by atoms with Gasteiger partial charge < -0.3 is 5.11 Å². The number of halogens is 1. The molecule has 1 atom stereocenters. The summed E-state index contributed by atoms with van der Waals surface area (Å²) < 4.78 is 2.35. The molecule has 0 fully saturated rings. The Kier molecular flexibility index (Phi) is 3.70. The number of aromatic nitrogens is 1. The molecule has 1 unspecified atom stereocenters. The Hall–Kier alpha value is -0.240. The number of aliphatic hydroxyl groups excluding tert-OH is 1. The van der Waals surface area contributed by atoms with E-state index in [2.05, 4.69) is 13.5 Å². The van der Waals surface area contributed by atoms with Gasteiger partial charge in [-0.2, -0.15) is 0 Å². The lowest BCUT2D eigenvalue weighted by Gasteiger charge is -2.07. The molecule has 0 aromatic carbocycles. The lowest BCUT2D eigenvalue weighted by Crippen LogP contribution is -2.09. The van der Waals surface area contributed by atoms with Crippen molar-refractivity contribution in [1.82, 2.24) is 8.68 Å². The maximum absolute atomic E-state index is 9.17. The molecule has 4 nitrogen and oxygen atoms in total. The highest BCUT2D eigenvalue weighted by atomic mass is 127. The van der Waals surface area contributed by atoms with Gasteiger partial charge in [-0.15, -0.1) is 3.69 Å². The average Bonchev–Trinajstić information content (AvgIpc) is 2.07. The monoisotopic (exact) mass is 266 g/mol. The highest BCUT2D eigenvalue weighted by molar-refractivity contribution is 14.1. The van der Waals surface area contributed by atoms with Crippen LogP contribution in [0.1, 0.15) is 12.0 Å². The van der Waals surface area contributed by atoms with Crippen molar-refractivity contribution in [3.8, 4) is 0 Å². The molecule has 0 aliphatic rings. The van der Waals surface area contributed by atoms with Gasteiger partial charge in [0.25, 0.3) is 0 Å². The SMILES string of the molecule is OC(ONI)c1ccccn1. The average molecular weight is 266 g/mol. The lowest BCUT2D eigenvalue weighted by molar-refractivity contribution is -0.120. The Bertz CT molecular complexity index is 207. The quantitative estimate of drug-likeness (QED) is 0.370. The largest absolute Gasteiger partial charge is 0.362 e. The van der Waals surface area contributed by atoms with Crippen LogP contribution in [0.25, 0.3) is 0 Å². The predicted octanol–water partition coefficient (Wildman–Crippen LogP) is 0.944. The zero-order valence-corrected chi connectivity index (χ0v) is 7.72. The van der Waals surface area contributed by atoms with Crippen molar-refractivity contribution in [3.05, 3.63) is 30.1 Å². The highest BCUT2D eigenvalue weighted by Crippen LogP contribution is 2.08. The molecule has 1 heterocycles. The normalized spacial score (nSPS) is 12.9. The van der Waals surface area contributed by atoms with Gasteiger partial charge in [-0.3, -0.25) is 9.82 Å². The summed E-state index contributed by atoms with van der Waals surface area (Å²) in [4.78, 5) is 8.54. The molecule has 5 heteroatoms. The molecule has 1 rings (SSSR count). The summed E-state index contributed by atoms with van der Waals surface area (Å²) in [5, 5.41) is 9.17. The number of rotatable bonds is 3. The fourth-order valence-electron chi connectivity index (χ4n) is 0.625. The maximum atomic E-state index is 9.17. The Balaban J connectivity index is 2.61.